The van der Waals surface area contributed by atoms with Crippen molar-refractivity contribution in [1.82, 2.24) is 14.7 Å². The van der Waals surface area contributed by atoms with Crippen molar-refractivity contribution in [2.75, 3.05) is 52.5 Å². The minimum atomic E-state index is -0.618. The van der Waals surface area contributed by atoms with Gasteiger partial charge in [-0.25, -0.2) is 4.90 Å². The smallest absolute Gasteiger partial charge is 0.207 e. The van der Waals surface area contributed by atoms with Crippen LogP contribution in [0.25, 0.3) is 0 Å². The normalized spacial score (nSPS) is 21.9. The van der Waals surface area contributed by atoms with Crippen molar-refractivity contribution in [1.29, 1.82) is 15.9 Å². The van der Waals surface area contributed by atoms with Gasteiger partial charge in [-0.1, -0.05) is 0 Å². The number of hydrogen-bond acceptors (Lipinski definition) is 7. The lowest BCUT2D eigenvalue weighted by molar-refractivity contribution is 0.0127. The Hall–Kier alpha value is -2.85. The molecule has 0 amide bonds. The van der Waals surface area contributed by atoms with Crippen molar-refractivity contribution < 1.29 is 14.9 Å². The van der Waals surface area contributed by atoms with Gasteiger partial charge < -0.3 is 19.8 Å². The molecule has 160 valence electrons. The second kappa shape index (κ2) is 10.3. The Labute approximate surface area is 176 Å². The van der Waals surface area contributed by atoms with E-state index in [1.807, 2.05) is 11.1 Å². The molecule has 0 radical (unpaired) electrons. The van der Waals surface area contributed by atoms with Gasteiger partial charge in [0.25, 0.3) is 0 Å². The highest BCUT2D eigenvalue weighted by Crippen LogP contribution is 2.29. The Morgan fingerprint density at radius 2 is 1.87 bits per heavy atom. The first-order chi connectivity index (χ1) is 14.5. The standard InChI is InChI=1S/C21H28N6O3/c22-8-16-1-3-20(4-2-16)30-14-19(29)13-25-9-17-7-18(10-25)12-27(11-17)21(24)26(15-23)5-6-28/h1-4,17-19,24,28-29H,5-7,9-14H2. The minimum absolute atomic E-state index is 0.138. The number of nitriles is 2. The molecule has 1 aromatic rings. The van der Waals surface area contributed by atoms with Gasteiger partial charge in [0, 0.05) is 32.7 Å². The summed E-state index contributed by atoms with van der Waals surface area (Å²) in [5, 5.41) is 45.8. The van der Waals surface area contributed by atoms with Crippen LogP contribution in [0.5, 0.6) is 5.75 Å². The monoisotopic (exact) mass is 412 g/mol. The number of hydrogen-bond donors (Lipinski definition) is 3. The number of guanidine groups is 1. The van der Waals surface area contributed by atoms with Crippen molar-refractivity contribution in [3.8, 4) is 18.0 Å². The van der Waals surface area contributed by atoms with E-state index in [4.69, 9.17) is 20.5 Å². The van der Waals surface area contributed by atoms with Gasteiger partial charge in [-0.3, -0.25) is 10.3 Å². The third kappa shape index (κ3) is 5.61. The summed E-state index contributed by atoms with van der Waals surface area (Å²) in [6.45, 7) is 3.76. The Morgan fingerprint density at radius 3 is 2.43 bits per heavy atom. The largest absolute Gasteiger partial charge is 0.491 e. The minimum Gasteiger partial charge on any atom is -0.491 e. The van der Waals surface area contributed by atoms with Gasteiger partial charge in [0.1, 0.15) is 18.5 Å². The highest BCUT2D eigenvalue weighted by molar-refractivity contribution is 5.78. The molecule has 30 heavy (non-hydrogen) atoms. The maximum Gasteiger partial charge on any atom is 0.207 e. The molecular formula is C21H28N6O3. The second-order valence-electron chi connectivity index (χ2n) is 7.99. The average Bonchev–Trinajstić information content (AvgIpc) is 2.75. The van der Waals surface area contributed by atoms with Crippen LogP contribution in [-0.4, -0.2) is 89.5 Å². The van der Waals surface area contributed by atoms with Crippen LogP contribution in [0.1, 0.15) is 12.0 Å². The summed E-state index contributed by atoms with van der Waals surface area (Å²) in [6.07, 6.45) is 2.44. The molecule has 9 heteroatoms. The molecule has 2 fully saturated rings. The molecule has 0 aromatic heterocycles. The van der Waals surface area contributed by atoms with Crippen molar-refractivity contribution in [3.63, 3.8) is 0 Å². The molecule has 2 saturated heterocycles. The fourth-order valence-electron chi connectivity index (χ4n) is 4.35. The first-order valence-electron chi connectivity index (χ1n) is 10.2. The quantitative estimate of drug-likeness (QED) is 0.252. The SMILES string of the molecule is N#Cc1ccc(OCC(O)CN2CC3CC(C2)CN(C(=N)N(C#N)CCO)C3)cc1. The molecule has 3 N–H and O–H groups in total. The van der Waals surface area contributed by atoms with Crippen LogP contribution in [0.2, 0.25) is 0 Å². The van der Waals surface area contributed by atoms with Gasteiger partial charge in [-0.15, -0.1) is 0 Å². The zero-order valence-corrected chi connectivity index (χ0v) is 16.9. The summed E-state index contributed by atoms with van der Waals surface area (Å²) >= 11 is 0. The fraction of sp³-hybridized carbons (Fsp3) is 0.571. The molecule has 0 saturated carbocycles. The number of aliphatic hydroxyl groups excluding tert-OH is 2. The molecule has 2 bridgehead atoms. The summed E-state index contributed by atoms with van der Waals surface area (Å²) in [6, 6.07) is 8.88. The molecule has 2 heterocycles. The van der Waals surface area contributed by atoms with Crippen molar-refractivity contribution in [2.24, 2.45) is 11.8 Å². The summed E-state index contributed by atoms with van der Waals surface area (Å²) in [7, 11) is 0. The van der Waals surface area contributed by atoms with Crippen LogP contribution in [0, 0.1) is 40.0 Å². The molecule has 3 unspecified atom stereocenters. The van der Waals surface area contributed by atoms with E-state index in [-0.39, 0.29) is 25.7 Å². The molecule has 3 atom stereocenters. The topological polar surface area (TPSA) is 131 Å². The molecule has 2 aliphatic rings. The number of fused-ring (bicyclic) bond motifs is 2. The van der Waals surface area contributed by atoms with E-state index in [0.717, 1.165) is 19.5 Å². The average molecular weight is 412 g/mol. The highest BCUT2D eigenvalue weighted by Gasteiger charge is 2.36. The van der Waals surface area contributed by atoms with Crippen molar-refractivity contribution in [3.05, 3.63) is 29.8 Å². The predicted molar refractivity (Wildman–Crippen MR) is 109 cm³/mol. The van der Waals surface area contributed by atoms with Gasteiger partial charge in [0.15, 0.2) is 6.19 Å². The Kier molecular flexibility index (Phi) is 7.47. The third-order valence-corrected chi connectivity index (χ3v) is 5.55. The summed E-state index contributed by atoms with van der Waals surface area (Å²) in [5.41, 5.74) is 0.569. The first kappa shape index (κ1) is 21.8. The molecule has 3 rings (SSSR count). The number of aliphatic hydroxyl groups is 2. The van der Waals surface area contributed by atoms with Crippen LogP contribution in [0.4, 0.5) is 0 Å². The number of rotatable bonds is 7. The van der Waals surface area contributed by atoms with E-state index < -0.39 is 6.10 Å². The Morgan fingerprint density at radius 1 is 1.20 bits per heavy atom. The second-order valence-corrected chi connectivity index (χ2v) is 7.99. The van der Waals surface area contributed by atoms with Crippen LogP contribution in [0.15, 0.2) is 24.3 Å². The number of nitrogens with one attached hydrogen (secondary N) is 1. The van der Waals surface area contributed by atoms with E-state index in [1.165, 1.54) is 4.90 Å². The van der Waals surface area contributed by atoms with Gasteiger partial charge in [0.05, 0.1) is 24.8 Å². The number of benzene rings is 1. The van der Waals surface area contributed by atoms with E-state index in [9.17, 15) is 10.4 Å². The molecule has 0 aliphatic carbocycles. The van der Waals surface area contributed by atoms with E-state index in [0.29, 0.717) is 42.8 Å². The van der Waals surface area contributed by atoms with Crippen LogP contribution >= 0.6 is 0 Å². The molecular weight excluding hydrogens is 384 g/mol. The van der Waals surface area contributed by atoms with Crippen LogP contribution in [0.3, 0.4) is 0 Å². The number of ether oxygens (including phenoxy) is 1. The summed E-state index contributed by atoms with van der Waals surface area (Å²) in [5.74, 6) is 1.53. The first-order valence-corrected chi connectivity index (χ1v) is 10.2. The fourth-order valence-corrected chi connectivity index (χ4v) is 4.35. The highest BCUT2D eigenvalue weighted by atomic mass is 16.5. The van der Waals surface area contributed by atoms with E-state index in [2.05, 4.69) is 11.0 Å². The maximum atomic E-state index is 10.4. The lowest BCUT2D eigenvalue weighted by Gasteiger charge is -2.47. The number of nitrogens with zero attached hydrogens (tertiary/aromatic N) is 5. The van der Waals surface area contributed by atoms with Crippen LogP contribution in [-0.2, 0) is 0 Å². The van der Waals surface area contributed by atoms with Gasteiger partial charge in [0.2, 0.25) is 5.96 Å². The Bertz CT molecular complexity index is 788. The summed E-state index contributed by atoms with van der Waals surface area (Å²) < 4.78 is 5.63. The predicted octanol–water partition coefficient (Wildman–Crippen LogP) is 0.262. The van der Waals surface area contributed by atoms with Gasteiger partial charge in [-0.05, 0) is 42.5 Å². The third-order valence-electron chi connectivity index (χ3n) is 5.55. The van der Waals surface area contributed by atoms with E-state index >= 15 is 0 Å². The van der Waals surface area contributed by atoms with Crippen molar-refractivity contribution in [2.45, 2.75) is 12.5 Å². The zero-order valence-electron chi connectivity index (χ0n) is 16.9. The molecule has 1 aromatic carbocycles. The number of β-amino-alcohol motifs (C(OH)–C–C–N with tert-alkyl or cyclic N) is 1. The molecule has 2 aliphatic heterocycles. The molecule has 0 spiro atoms. The van der Waals surface area contributed by atoms with Crippen molar-refractivity contribution >= 4 is 5.96 Å². The number of piperidine rings is 2. The Balaban J connectivity index is 1.46. The van der Waals surface area contributed by atoms with Gasteiger partial charge in [-0.2, -0.15) is 10.5 Å². The van der Waals surface area contributed by atoms with Gasteiger partial charge >= 0.3 is 0 Å². The summed E-state index contributed by atoms with van der Waals surface area (Å²) in [4.78, 5) is 5.41. The number of likely N-dealkylation sites (tertiary alicyclic amines) is 2. The van der Waals surface area contributed by atoms with Crippen LogP contribution < -0.4 is 4.74 Å². The lowest BCUT2D eigenvalue weighted by Crippen LogP contribution is -2.57. The zero-order chi connectivity index (χ0) is 21.5. The van der Waals surface area contributed by atoms with E-state index in [1.54, 1.807) is 24.3 Å². The molecule has 9 nitrogen and oxygen atoms in total. The lowest BCUT2D eigenvalue weighted by atomic mass is 9.84. The maximum absolute atomic E-state index is 10.4.